The maximum Gasteiger partial charge on any atom is 0.243 e. The first-order chi connectivity index (χ1) is 16.0. The number of rotatable bonds is 8. The van der Waals surface area contributed by atoms with Crippen LogP contribution in [0.2, 0.25) is 15.1 Å². The molecule has 0 fully saturated rings. The number of pyridine rings is 1. The molecule has 33 heavy (non-hydrogen) atoms. The van der Waals surface area contributed by atoms with Crippen molar-refractivity contribution in [2.75, 3.05) is 0 Å². The number of carbonyl (C=O) groups is 1. The molecule has 2 aromatic carbocycles. The minimum absolute atomic E-state index is 0.103. The molecule has 0 spiro atoms. The Bertz CT molecular complexity index is 1270. The second kappa shape index (κ2) is 10.6. The van der Waals surface area contributed by atoms with Crippen molar-refractivity contribution in [3.63, 3.8) is 0 Å². The van der Waals surface area contributed by atoms with Gasteiger partial charge < -0.3 is 9.88 Å². The number of benzene rings is 2. The quantitative estimate of drug-likeness (QED) is 0.294. The van der Waals surface area contributed by atoms with Gasteiger partial charge in [0, 0.05) is 17.6 Å². The van der Waals surface area contributed by atoms with Gasteiger partial charge in [-0.15, -0.1) is 0 Å². The van der Waals surface area contributed by atoms with E-state index in [0.29, 0.717) is 40.0 Å². The molecule has 170 valence electrons. The third-order valence-electron chi connectivity index (χ3n) is 5.46. The summed E-state index contributed by atoms with van der Waals surface area (Å²) in [6.07, 6.45) is 3.63. The average molecular weight is 502 g/mol. The zero-order chi connectivity index (χ0) is 23.4. The van der Waals surface area contributed by atoms with Gasteiger partial charge in [-0.1, -0.05) is 72.4 Å². The van der Waals surface area contributed by atoms with E-state index in [4.69, 9.17) is 39.8 Å². The minimum Gasteiger partial charge on any atom is -0.349 e. The summed E-state index contributed by atoms with van der Waals surface area (Å²) >= 11 is 19.1. The lowest BCUT2D eigenvalue weighted by Gasteiger charge is -2.21. The average Bonchev–Trinajstić information content (AvgIpc) is 3.14. The molecular weight excluding hydrogens is 479 g/mol. The Labute approximate surface area is 207 Å². The van der Waals surface area contributed by atoms with Gasteiger partial charge in [0.25, 0.3) is 0 Å². The maximum atomic E-state index is 13.4. The monoisotopic (exact) mass is 500 g/mol. The highest BCUT2D eigenvalue weighted by Crippen LogP contribution is 2.33. The number of imidazole rings is 1. The molecule has 1 atom stereocenters. The summed E-state index contributed by atoms with van der Waals surface area (Å²) in [5, 5.41) is 4.52. The zero-order valence-corrected chi connectivity index (χ0v) is 20.3. The van der Waals surface area contributed by atoms with Crippen molar-refractivity contribution < 1.29 is 4.79 Å². The van der Waals surface area contributed by atoms with Gasteiger partial charge in [0.2, 0.25) is 5.91 Å². The lowest BCUT2D eigenvalue weighted by atomic mass is 10.1. The van der Waals surface area contributed by atoms with E-state index in [9.17, 15) is 4.79 Å². The van der Waals surface area contributed by atoms with Crippen molar-refractivity contribution in [1.82, 2.24) is 19.9 Å². The molecule has 4 aromatic rings. The molecule has 2 heterocycles. The van der Waals surface area contributed by atoms with E-state index in [2.05, 4.69) is 17.2 Å². The molecule has 0 saturated carbocycles. The Balaban J connectivity index is 1.76. The first kappa shape index (κ1) is 23.6. The van der Waals surface area contributed by atoms with Gasteiger partial charge in [0.05, 0.1) is 33.3 Å². The molecule has 0 aliphatic rings. The lowest BCUT2D eigenvalue weighted by Crippen LogP contribution is -2.33. The van der Waals surface area contributed by atoms with Gasteiger partial charge in [-0.3, -0.25) is 9.78 Å². The molecule has 1 amide bonds. The third kappa shape index (κ3) is 5.32. The molecular formula is C25H23Cl3N4O. The molecule has 2 aromatic heterocycles. The molecule has 0 aliphatic heterocycles. The number of amides is 1. The molecule has 0 saturated heterocycles. The molecule has 0 radical (unpaired) electrons. The SMILES string of the molecule is CCC[C@H](C(=O)NCc1ccccn1)n1c(Cc2ccccc2Cl)nc2cc(Cl)c(Cl)cc21. The first-order valence-electron chi connectivity index (χ1n) is 10.7. The number of hydrogen-bond acceptors (Lipinski definition) is 3. The number of aromatic nitrogens is 3. The van der Waals surface area contributed by atoms with Gasteiger partial charge in [-0.2, -0.15) is 0 Å². The summed E-state index contributed by atoms with van der Waals surface area (Å²) in [4.78, 5) is 22.5. The molecule has 1 N–H and O–H groups in total. The Morgan fingerprint density at radius 1 is 1.03 bits per heavy atom. The highest BCUT2D eigenvalue weighted by molar-refractivity contribution is 6.42. The second-order valence-corrected chi connectivity index (χ2v) is 8.99. The topological polar surface area (TPSA) is 59.8 Å². The predicted octanol–water partition coefficient (Wildman–Crippen LogP) is 6.64. The van der Waals surface area contributed by atoms with Gasteiger partial charge in [-0.05, 0) is 42.3 Å². The fraction of sp³-hybridized carbons (Fsp3) is 0.240. The van der Waals surface area contributed by atoms with Crippen LogP contribution in [0.1, 0.15) is 42.9 Å². The van der Waals surface area contributed by atoms with Crippen LogP contribution in [-0.4, -0.2) is 20.4 Å². The van der Waals surface area contributed by atoms with Crippen molar-refractivity contribution in [2.24, 2.45) is 0 Å². The molecule has 5 nitrogen and oxygen atoms in total. The third-order valence-corrected chi connectivity index (χ3v) is 6.55. The Morgan fingerprint density at radius 3 is 2.52 bits per heavy atom. The summed E-state index contributed by atoms with van der Waals surface area (Å²) in [6.45, 7) is 2.40. The predicted molar refractivity (Wildman–Crippen MR) is 134 cm³/mol. The number of nitrogens with one attached hydrogen (secondary N) is 1. The summed E-state index contributed by atoms with van der Waals surface area (Å²) < 4.78 is 1.97. The Kier molecular flexibility index (Phi) is 7.53. The highest BCUT2D eigenvalue weighted by atomic mass is 35.5. The zero-order valence-electron chi connectivity index (χ0n) is 18.1. The minimum atomic E-state index is -0.474. The van der Waals surface area contributed by atoms with Crippen LogP contribution >= 0.6 is 34.8 Å². The van der Waals surface area contributed by atoms with Crippen LogP contribution in [0.4, 0.5) is 0 Å². The van der Waals surface area contributed by atoms with E-state index in [1.165, 1.54) is 0 Å². The lowest BCUT2D eigenvalue weighted by molar-refractivity contribution is -0.124. The number of carbonyl (C=O) groups excluding carboxylic acids is 1. The number of fused-ring (bicyclic) bond motifs is 1. The number of nitrogens with zero attached hydrogens (tertiary/aromatic N) is 3. The Hall–Kier alpha value is -2.60. The van der Waals surface area contributed by atoms with Crippen molar-refractivity contribution in [1.29, 1.82) is 0 Å². The van der Waals surface area contributed by atoms with E-state index in [1.807, 2.05) is 47.0 Å². The van der Waals surface area contributed by atoms with Crippen LogP contribution < -0.4 is 5.32 Å². The first-order valence-corrected chi connectivity index (χ1v) is 11.9. The van der Waals surface area contributed by atoms with Crippen LogP contribution in [0.25, 0.3) is 11.0 Å². The number of halogens is 3. The van der Waals surface area contributed by atoms with Gasteiger partial charge in [-0.25, -0.2) is 4.98 Å². The smallest absolute Gasteiger partial charge is 0.243 e. The van der Waals surface area contributed by atoms with Crippen LogP contribution in [0, 0.1) is 0 Å². The summed E-state index contributed by atoms with van der Waals surface area (Å²) in [6, 6.07) is 16.3. The molecule has 8 heteroatoms. The van der Waals surface area contributed by atoms with Crippen LogP contribution in [0.5, 0.6) is 0 Å². The molecule has 0 unspecified atom stereocenters. The van der Waals surface area contributed by atoms with E-state index >= 15 is 0 Å². The van der Waals surface area contributed by atoms with Crippen LogP contribution in [0.3, 0.4) is 0 Å². The summed E-state index contributed by atoms with van der Waals surface area (Å²) in [5.41, 5.74) is 3.17. The molecule has 4 rings (SSSR count). The van der Waals surface area contributed by atoms with E-state index in [-0.39, 0.29) is 5.91 Å². The normalized spacial score (nSPS) is 12.1. The Morgan fingerprint density at radius 2 is 1.79 bits per heavy atom. The summed E-state index contributed by atoms with van der Waals surface area (Å²) in [5.74, 6) is 0.621. The summed E-state index contributed by atoms with van der Waals surface area (Å²) in [7, 11) is 0. The van der Waals surface area contributed by atoms with Crippen LogP contribution in [-0.2, 0) is 17.8 Å². The largest absolute Gasteiger partial charge is 0.349 e. The van der Waals surface area contributed by atoms with Crippen LogP contribution in [0.15, 0.2) is 60.8 Å². The van der Waals surface area contributed by atoms with Crippen molar-refractivity contribution in [3.8, 4) is 0 Å². The van der Waals surface area contributed by atoms with Crippen molar-refractivity contribution in [3.05, 3.63) is 92.9 Å². The fourth-order valence-corrected chi connectivity index (χ4v) is 4.39. The van der Waals surface area contributed by atoms with Gasteiger partial charge in [0.1, 0.15) is 11.9 Å². The molecule has 0 bridgehead atoms. The highest BCUT2D eigenvalue weighted by Gasteiger charge is 2.26. The number of hydrogen-bond donors (Lipinski definition) is 1. The maximum absolute atomic E-state index is 13.4. The van der Waals surface area contributed by atoms with Gasteiger partial charge >= 0.3 is 0 Å². The van der Waals surface area contributed by atoms with Gasteiger partial charge in [0.15, 0.2) is 0 Å². The van der Waals surface area contributed by atoms with E-state index < -0.39 is 6.04 Å². The van der Waals surface area contributed by atoms with E-state index in [0.717, 1.165) is 29.0 Å². The van der Waals surface area contributed by atoms with Crippen molar-refractivity contribution in [2.45, 2.75) is 38.8 Å². The van der Waals surface area contributed by atoms with Crippen molar-refractivity contribution >= 4 is 51.7 Å². The standard InChI is InChI=1S/C25H23Cl3N4O/c1-2-7-22(25(33)30-15-17-9-5-6-11-29-17)32-23-14-20(28)19(27)13-21(23)31-24(32)12-16-8-3-4-10-18(16)26/h3-6,8-11,13-14,22H,2,7,12,15H2,1H3,(H,30,33)/t22-/m1/s1. The fourth-order valence-electron chi connectivity index (χ4n) is 3.87. The second-order valence-electron chi connectivity index (χ2n) is 7.76. The van der Waals surface area contributed by atoms with E-state index in [1.54, 1.807) is 18.3 Å². The molecule has 0 aliphatic carbocycles.